The molecule has 0 unspecified atom stereocenters. The first-order chi connectivity index (χ1) is 8.46. The van der Waals surface area contributed by atoms with E-state index in [0.717, 1.165) is 11.1 Å². The molecule has 2 heteroatoms. The van der Waals surface area contributed by atoms with Crippen molar-refractivity contribution in [2.24, 2.45) is 11.5 Å². The Morgan fingerprint density at radius 1 is 0.611 bits per heavy atom. The molecule has 2 atom stereocenters. The van der Waals surface area contributed by atoms with Gasteiger partial charge in [0.15, 0.2) is 0 Å². The molecule has 2 aromatic rings. The van der Waals surface area contributed by atoms with Crippen molar-refractivity contribution in [2.75, 3.05) is 0 Å². The summed E-state index contributed by atoms with van der Waals surface area (Å²) in [6, 6.07) is 20.0. The number of hydrogen-bond acceptors (Lipinski definition) is 2. The summed E-state index contributed by atoms with van der Waals surface area (Å²) in [4.78, 5) is 0. The highest BCUT2D eigenvalue weighted by Crippen LogP contribution is 2.35. The lowest BCUT2D eigenvalue weighted by Gasteiger charge is -2.42. The van der Waals surface area contributed by atoms with Crippen molar-refractivity contribution in [3.05, 3.63) is 71.8 Å². The van der Waals surface area contributed by atoms with Crippen LogP contribution in [0, 0.1) is 0 Å². The van der Waals surface area contributed by atoms with Crippen LogP contribution < -0.4 is 11.5 Å². The fourth-order valence-electron chi connectivity index (χ4n) is 2.17. The summed E-state index contributed by atoms with van der Waals surface area (Å²) >= 11 is 0. The summed E-state index contributed by atoms with van der Waals surface area (Å²) in [6.45, 7) is 3.96. The zero-order valence-electron chi connectivity index (χ0n) is 10.9. The minimum absolute atomic E-state index is 0.629. The Kier molecular flexibility index (Phi) is 3.24. The van der Waals surface area contributed by atoms with E-state index in [0.29, 0.717) is 0 Å². The third-order valence-electron chi connectivity index (χ3n) is 3.83. The third kappa shape index (κ3) is 2.05. The number of hydrogen-bond donors (Lipinski definition) is 2. The summed E-state index contributed by atoms with van der Waals surface area (Å²) in [5.74, 6) is 0. The standard InChI is InChI=1S/C16H20N2/c1-15(17,13-9-5-3-6-10-13)16(2,18)14-11-7-4-8-12-14/h3-12H,17-18H2,1-2H3/t15-,16-/m1/s1. The summed E-state index contributed by atoms with van der Waals surface area (Å²) < 4.78 is 0. The average Bonchev–Trinajstić information content (AvgIpc) is 2.40. The van der Waals surface area contributed by atoms with Crippen molar-refractivity contribution in [2.45, 2.75) is 24.9 Å². The highest BCUT2D eigenvalue weighted by atomic mass is 14.9. The summed E-state index contributed by atoms with van der Waals surface area (Å²) in [6.07, 6.45) is 0. The van der Waals surface area contributed by atoms with Gasteiger partial charge >= 0.3 is 0 Å². The van der Waals surface area contributed by atoms with E-state index in [2.05, 4.69) is 0 Å². The van der Waals surface area contributed by atoms with Crippen LogP contribution in [0.1, 0.15) is 25.0 Å². The van der Waals surface area contributed by atoms with Gasteiger partial charge in [-0.1, -0.05) is 60.7 Å². The molecule has 0 amide bonds. The van der Waals surface area contributed by atoms with E-state index in [1.165, 1.54) is 0 Å². The minimum Gasteiger partial charge on any atom is -0.320 e. The smallest absolute Gasteiger partial charge is 0.0603 e. The topological polar surface area (TPSA) is 52.0 Å². The highest BCUT2D eigenvalue weighted by molar-refractivity contribution is 5.35. The van der Waals surface area contributed by atoms with Crippen LogP contribution in [0.2, 0.25) is 0 Å². The number of rotatable bonds is 3. The molecule has 0 aromatic heterocycles. The second-order valence-electron chi connectivity index (χ2n) is 5.14. The van der Waals surface area contributed by atoms with Crippen molar-refractivity contribution in [3.63, 3.8) is 0 Å². The normalized spacial score (nSPS) is 17.8. The molecule has 2 rings (SSSR count). The lowest BCUT2D eigenvalue weighted by atomic mass is 9.72. The second kappa shape index (κ2) is 4.56. The molecule has 0 bridgehead atoms. The molecule has 94 valence electrons. The van der Waals surface area contributed by atoms with Crippen molar-refractivity contribution >= 4 is 0 Å². The Morgan fingerprint density at radius 3 is 1.17 bits per heavy atom. The van der Waals surface area contributed by atoms with Gasteiger partial charge in [0, 0.05) is 0 Å². The van der Waals surface area contributed by atoms with Gasteiger partial charge in [0.1, 0.15) is 0 Å². The Bertz CT molecular complexity index is 452. The van der Waals surface area contributed by atoms with Crippen LogP contribution in [0.5, 0.6) is 0 Å². The zero-order chi connectivity index (χ0) is 13.2. The summed E-state index contributed by atoms with van der Waals surface area (Å²) in [5, 5.41) is 0. The Balaban J connectivity index is 2.47. The van der Waals surface area contributed by atoms with Crippen LogP contribution in [0.4, 0.5) is 0 Å². The first kappa shape index (κ1) is 12.8. The molecule has 0 saturated heterocycles. The van der Waals surface area contributed by atoms with Crippen LogP contribution in [-0.2, 0) is 11.1 Å². The monoisotopic (exact) mass is 240 g/mol. The van der Waals surface area contributed by atoms with E-state index in [-0.39, 0.29) is 0 Å². The van der Waals surface area contributed by atoms with Gasteiger partial charge in [-0.3, -0.25) is 0 Å². The molecule has 2 nitrogen and oxygen atoms in total. The van der Waals surface area contributed by atoms with Gasteiger partial charge in [0.25, 0.3) is 0 Å². The Morgan fingerprint density at radius 2 is 0.889 bits per heavy atom. The first-order valence-electron chi connectivity index (χ1n) is 6.15. The summed E-state index contributed by atoms with van der Waals surface area (Å²) in [7, 11) is 0. The van der Waals surface area contributed by atoms with E-state index in [4.69, 9.17) is 11.5 Å². The molecule has 0 saturated carbocycles. The van der Waals surface area contributed by atoms with Crippen molar-refractivity contribution in [1.29, 1.82) is 0 Å². The maximum Gasteiger partial charge on any atom is 0.0603 e. The van der Waals surface area contributed by atoms with E-state index in [1.54, 1.807) is 0 Å². The SMILES string of the molecule is C[C@@](N)(c1ccccc1)[C@](C)(N)c1ccccc1. The largest absolute Gasteiger partial charge is 0.320 e. The lowest BCUT2D eigenvalue weighted by Crippen LogP contribution is -2.57. The van der Waals surface area contributed by atoms with Crippen LogP contribution in [0.15, 0.2) is 60.7 Å². The van der Waals surface area contributed by atoms with Gasteiger partial charge in [-0.25, -0.2) is 0 Å². The maximum absolute atomic E-state index is 6.52. The molecule has 18 heavy (non-hydrogen) atoms. The molecule has 0 aliphatic carbocycles. The highest BCUT2D eigenvalue weighted by Gasteiger charge is 2.40. The minimum atomic E-state index is -0.629. The molecule has 0 spiro atoms. The van der Waals surface area contributed by atoms with Gasteiger partial charge in [-0.15, -0.1) is 0 Å². The first-order valence-corrected chi connectivity index (χ1v) is 6.15. The third-order valence-corrected chi connectivity index (χ3v) is 3.83. The van der Waals surface area contributed by atoms with Crippen molar-refractivity contribution in [1.82, 2.24) is 0 Å². The fourth-order valence-corrected chi connectivity index (χ4v) is 2.17. The molecule has 0 radical (unpaired) electrons. The molecule has 0 fully saturated rings. The van der Waals surface area contributed by atoms with E-state index < -0.39 is 11.1 Å². The number of nitrogens with two attached hydrogens (primary N) is 2. The average molecular weight is 240 g/mol. The zero-order valence-corrected chi connectivity index (χ0v) is 10.9. The lowest BCUT2D eigenvalue weighted by molar-refractivity contribution is 0.268. The van der Waals surface area contributed by atoms with Gasteiger partial charge in [-0.05, 0) is 25.0 Å². The summed E-state index contributed by atoms with van der Waals surface area (Å²) in [5.41, 5.74) is 13.9. The quantitative estimate of drug-likeness (QED) is 0.866. The molecular weight excluding hydrogens is 220 g/mol. The fraction of sp³-hybridized carbons (Fsp3) is 0.250. The van der Waals surface area contributed by atoms with Gasteiger partial charge in [0.2, 0.25) is 0 Å². The Labute approximate surface area is 109 Å². The predicted molar refractivity (Wildman–Crippen MR) is 76.0 cm³/mol. The predicted octanol–water partition coefficient (Wildman–Crippen LogP) is 2.73. The molecule has 2 aromatic carbocycles. The van der Waals surface area contributed by atoms with Crippen LogP contribution in [-0.4, -0.2) is 0 Å². The molecule has 4 N–H and O–H groups in total. The maximum atomic E-state index is 6.52. The van der Waals surface area contributed by atoms with E-state index in [9.17, 15) is 0 Å². The van der Waals surface area contributed by atoms with Crippen LogP contribution in [0.3, 0.4) is 0 Å². The van der Waals surface area contributed by atoms with Gasteiger partial charge < -0.3 is 11.5 Å². The molecule has 0 aliphatic rings. The van der Waals surface area contributed by atoms with Crippen LogP contribution >= 0.6 is 0 Å². The molecule has 0 heterocycles. The number of benzene rings is 2. The van der Waals surface area contributed by atoms with Gasteiger partial charge in [-0.2, -0.15) is 0 Å². The van der Waals surface area contributed by atoms with E-state index in [1.807, 2.05) is 74.5 Å². The second-order valence-corrected chi connectivity index (χ2v) is 5.14. The van der Waals surface area contributed by atoms with Crippen LogP contribution in [0.25, 0.3) is 0 Å². The van der Waals surface area contributed by atoms with Gasteiger partial charge in [0.05, 0.1) is 11.1 Å². The van der Waals surface area contributed by atoms with Crippen molar-refractivity contribution < 1.29 is 0 Å². The van der Waals surface area contributed by atoms with E-state index >= 15 is 0 Å². The van der Waals surface area contributed by atoms with Crippen molar-refractivity contribution in [3.8, 4) is 0 Å². The Hall–Kier alpha value is -1.64. The molecule has 0 aliphatic heterocycles. The molecular formula is C16H20N2.